The molecule has 1 aromatic carbocycles. The van der Waals surface area contributed by atoms with Gasteiger partial charge in [-0.05, 0) is 32.5 Å². The predicted octanol–water partition coefficient (Wildman–Crippen LogP) is 1.89. The van der Waals surface area contributed by atoms with E-state index < -0.39 is 0 Å². The Kier molecular flexibility index (Phi) is 4.74. The Morgan fingerprint density at radius 2 is 2.15 bits per heavy atom. The number of likely N-dealkylation sites (N-methyl/N-ethyl adjacent to an activating group) is 1. The number of aryl methyl sites for hydroxylation is 1. The lowest BCUT2D eigenvalue weighted by Gasteiger charge is -2.18. The van der Waals surface area contributed by atoms with Gasteiger partial charge < -0.3 is 14.6 Å². The summed E-state index contributed by atoms with van der Waals surface area (Å²) in [6.07, 6.45) is 0. The molecule has 5 heteroatoms. The molecular formula is C15H21N3O2. The predicted molar refractivity (Wildman–Crippen MR) is 78.6 cm³/mol. The summed E-state index contributed by atoms with van der Waals surface area (Å²) in [4.78, 5) is 16.5. The topological polar surface area (TPSA) is 56.2 Å². The second-order valence-corrected chi connectivity index (χ2v) is 4.62. The highest BCUT2D eigenvalue weighted by Gasteiger charge is 2.21. The minimum Gasteiger partial charge on any atom is -0.465 e. The molecular weight excluding hydrogens is 254 g/mol. The summed E-state index contributed by atoms with van der Waals surface area (Å²) in [5, 5.41) is 3.17. The van der Waals surface area contributed by atoms with Crippen LogP contribution in [0.25, 0.3) is 11.0 Å². The number of hydrogen-bond donors (Lipinski definition) is 1. The van der Waals surface area contributed by atoms with E-state index in [1.165, 1.54) is 0 Å². The quantitative estimate of drug-likeness (QED) is 0.818. The van der Waals surface area contributed by atoms with Gasteiger partial charge in [-0.1, -0.05) is 19.1 Å². The van der Waals surface area contributed by atoms with Crippen LogP contribution in [0.2, 0.25) is 0 Å². The van der Waals surface area contributed by atoms with Crippen molar-refractivity contribution < 1.29 is 9.53 Å². The molecule has 0 saturated carbocycles. The Morgan fingerprint density at radius 1 is 1.40 bits per heavy atom. The number of nitrogens with zero attached hydrogens (tertiary/aromatic N) is 2. The fourth-order valence-corrected chi connectivity index (χ4v) is 2.32. The monoisotopic (exact) mass is 275 g/mol. The zero-order valence-corrected chi connectivity index (χ0v) is 12.2. The van der Waals surface area contributed by atoms with Crippen molar-refractivity contribution in [2.24, 2.45) is 0 Å². The van der Waals surface area contributed by atoms with E-state index in [0.29, 0.717) is 13.2 Å². The summed E-state index contributed by atoms with van der Waals surface area (Å²) >= 11 is 0. The maximum Gasteiger partial charge on any atom is 0.324 e. The Bertz CT molecular complexity index is 592. The highest BCUT2D eigenvalue weighted by atomic mass is 16.5. The van der Waals surface area contributed by atoms with Gasteiger partial charge >= 0.3 is 5.97 Å². The third kappa shape index (κ3) is 2.99. The molecule has 0 bridgehead atoms. The Labute approximate surface area is 118 Å². The first kappa shape index (κ1) is 14.5. The smallest absolute Gasteiger partial charge is 0.324 e. The first-order valence-corrected chi connectivity index (χ1v) is 6.99. The van der Waals surface area contributed by atoms with Crippen molar-refractivity contribution in [1.82, 2.24) is 14.9 Å². The second kappa shape index (κ2) is 6.52. The van der Waals surface area contributed by atoms with Crippen LogP contribution in [-0.4, -0.2) is 34.7 Å². The van der Waals surface area contributed by atoms with Gasteiger partial charge in [0.05, 0.1) is 24.2 Å². The van der Waals surface area contributed by atoms with Crippen LogP contribution in [0.4, 0.5) is 0 Å². The molecule has 1 aromatic heterocycles. The van der Waals surface area contributed by atoms with Crippen LogP contribution in [0.1, 0.15) is 19.7 Å². The first-order valence-electron chi connectivity index (χ1n) is 6.99. The summed E-state index contributed by atoms with van der Waals surface area (Å²) in [5.74, 6) is 0.685. The standard InChI is InChI=1S/C15H21N3O2/c1-4-16-13(15(19)20-5-2)10-18-11(3)17-12-8-6-7-9-14(12)18/h6-9,13,16H,4-5,10H2,1-3H3. The maximum absolute atomic E-state index is 12.0. The zero-order chi connectivity index (χ0) is 14.5. The van der Waals surface area contributed by atoms with Crippen molar-refractivity contribution in [2.45, 2.75) is 33.4 Å². The van der Waals surface area contributed by atoms with Gasteiger partial charge in [-0.3, -0.25) is 4.79 Å². The average Bonchev–Trinajstić information content (AvgIpc) is 2.75. The number of rotatable bonds is 6. The molecule has 0 aliphatic carbocycles. The van der Waals surface area contributed by atoms with E-state index in [2.05, 4.69) is 14.9 Å². The average molecular weight is 275 g/mol. The molecule has 1 atom stereocenters. The van der Waals surface area contributed by atoms with Gasteiger partial charge in [0.25, 0.3) is 0 Å². The molecule has 1 unspecified atom stereocenters. The zero-order valence-electron chi connectivity index (χ0n) is 12.2. The molecule has 1 heterocycles. The summed E-state index contributed by atoms with van der Waals surface area (Å²) in [6.45, 7) is 7.39. The van der Waals surface area contributed by atoms with Crippen LogP contribution in [0.3, 0.4) is 0 Å². The number of hydrogen-bond acceptors (Lipinski definition) is 4. The van der Waals surface area contributed by atoms with E-state index in [4.69, 9.17) is 4.74 Å². The molecule has 5 nitrogen and oxygen atoms in total. The number of aromatic nitrogens is 2. The van der Waals surface area contributed by atoms with Crippen LogP contribution >= 0.6 is 0 Å². The van der Waals surface area contributed by atoms with Crippen LogP contribution in [0.15, 0.2) is 24.3 Å². The summed E-state index contributed by atoms with van der Waals surface area (Å²) < 4.78 is 7.18. The molecule has 0 spiro atoms. The number of esters is 1. The minimum atomic E-state index is -0.351. The number of benzene rings is 1. The van der Waals surface area contributed by atoms with Crippen molar-refractivity contribution in [3.05, 3.63) is 30.1 Å². The number of carbonyl (C=O) groups is 1. The summed E-state index contributed by atoms with van der Waals surface area (Å²) in [5.41, 5.74) is 1.99. The van der Waals surface area contributed by atoms with Crippen LogP contribution < -0.4 is 5.32 Å². The lowest BCUT2D eigenvalue weighted by atomic mass is 10.2. The highest BCUT2D eigenvalue weighted by molar-refractivity contribution is 5.78. The Morgan fingerprint density at radius 3 is 2.85 bits per heavy atom. The lowest BCUT2D eigenvalue weighted by molar-refractivity contribution is -0.146. The molecule has 2 rings (SSSR count). The molecule has 0 aliphatic heterocycles. The van der Waals surface area contributed by atoms with E-state index in [1.807, 2.05) is 45.0 Å². The lowest BCUT2D eigenvalue weighted by Crippen LogP contribution is -2.41. The molecule has 0 saturated heterocycles. The van der Waals surface area contributed by atoms with Gasteiger partial charge in [-0.15, -0.1) is 0 Å². The van der Waals surface area contributed by atoms with Crippen molar-refractivity contribution in [3.8, 4) is 0 Å². The van der Waals surface area contributed by atoms with E-state index in [-0.39, 0.29) is 12.0 Å². The normalized spacial score (nSPS) is 12.6. The van der Waals surface area contributed by atoms with Crippen molar-refractivity contribution in [3.63, 3.8) is 0 Å². The molecule has 0 aliphatic rings. The van der Waals surface area contributed by atoms with Crippen molar-refractivity contribution in [1.29, 1.82) is 0 Å². The SMILES string of the molecule is CCNC(Cn1c(C)nc2ccccc21)C(=O)OCC. The maximum atomic E-state index is 12.0. The largest absolute Gasteiger partial charge is 0.465 e. The van der Waals surface area contributed by atoms with Crippen molar-refractivity contribution >= 4 is 17.0 Å². The number of imidazole rings is 1. The third-order valence-corrected chi connectivity index (χ3v) is 3.23. The number of nitrogens with one attached hydrogen (secondary N) is 1. The number of ether oxygens (including phenoxy) is 1. The van der Waals surface area contributed by atoms with E-state index >= 15 is 0 Å². The Balaban J connectivity index is 2.28. The van der Waals surface area contributed by atoms with Crippen LogP contribution in [0.5, 0.6) is 0 Å². The van der Waals surface area contributed by atoms with Crippen LogP contribution in [-0.2, 0) is 16.1 Å². The van der Waals surface area contributed by atoms with E-state index in [1.54, 1.807) is 0 Å². The number of fused-ring (bicyclic) bond motifs is 1. The molecule has 0 amide bonds. The molecule has 108 valence electrons. The molecule has 2 aromatic rings. The second-order valence-electron chi connectivity index (χ2n) is 4.62. The summed E-state index contributed by atoms with van der Waals surface area (Å²) in [6, 6.07) is 7.59. The molecule has 0 fully saturated rings. The van der Waals surface area contributed by atoms with Crippen molar-refractivity contribution in [2.75, 3.05) is 13.2 Å². The molecule has 1 N–H and O–H groups in total. The molecule has 20 heavy (non-hydrogen) atoms. The highest BCUT2D eigenvalue weighted by Crippen LogP contribution is 2.16. The number of para-hydroxylation sites is 2. The van der Waals surface area contributed by atoms with Crippen LogP contribution in [0, 0.1) is 6.92 Å². The molecule has 0 radical (unpaired) electrons. The fraction of sp³-hybridized carbons (Fsp3) is 0.467. The first-order chi connectivity index (χ1) is 9.67. The summed E-state index contributed by atoms with van der Waals surface area (Å²) in [7, 11) is 0. The minimum absolute atomic E-state index is 0.216. The van der Waals surface area contributed by atoms with Gasteiger partial charge in [0, 0.05) is 0 Å². The van der Waals surface area contributed by atoms with E-state index in [0.717, 1.165) is 23.4 Å². The third-order valence-electron chi connectivity index (χ3n) is 3.23. The van der Waals surface area contributed by atoms with Gasteiger partial charge in [-0.2, -0.15) is 0 Å². The Hall–Kier alpha value is -1.88. The van der Waals surface area contributed by atoms with Gasteiger partial charge in [0.1, 0.15) is 11.9 Å². The fourth-order valence-electron chi connectivity index (χ4n) is 2.32. The van der Waals surface area contributed by atoms with Gasteiger partial charge in [-0.25, -0.2) is 4.98 Å². The van der Waals surface area contributed by atoms with Gasteiger partial charge in [0.15, 0.2) is 0 Å². The number of carbonyl (C=O) groups excluding carboxylic acids is 1. The van der Waals surface area contributed by atoms with Gasteiger partial charge in [0.2, 0.25) is 0 Å². The van der Waals surface area contributed by atoms with E-state index in [9.17, 15) is 4.79 Å².